The van der Waals surface area contributed by atoms with Crippen LogP contribution >= 0.6 is 27.7 Å². The number of rotatable bonds is 8. The Bertz CT molecular complexity index is 765. The molecule has 1 unspecified atom stereocenters. The largest absolute Gasteiger partial charge is 0.543 e. The molecule has 0 radical (unpaired) electrons. The Morgan fingerprint density at radius 2 is 2.11 bits per heavy atom. The van der Waals surface area contributed by atoms with Crippen LogP contribution in [0.25, 0.3) is 0 Å². The summed E-state index contributed by atoms with van der Waals surface area (Å²) in [4.78, 5) is 47.8. The number of carbonyl (C=O) groups is 4. The van der Waals surface area contributed by atoms with Gasteiger partial charge in [-0.15, -0.1) is 11.8 Å². The van der Waals surface area contributed by atoms with E-state index in [1.165, 1.54) is 11.8 Å². The van der Waals surface area contributed by atoms with Crippen molar-refractivity contribution in [3.05, 3.63) is 23.4 Å². The molecule has 0 spiro atoms. The van der Waals surface area contributed by atoms with Crippen LogP contribution in [0.2, 0.25) is 0 Å². The first kappa shape index (κ1) is 22.4. The van der Waals surface area contributed by atoms with Crippen molar-refractivity contribution in [3.63, 3.8) is 0 Å². The third kappa shape index (κ3) is 4.95. The smallest absolute Gasteiger partial charge is 0.272 e. The fourth-order valence-electron chi connectivity index (χ4n) is 2.99. The van der Waals surface area contributed by atoms with Crippen LogP contribution < -0.4 is 16.2 Å². The van der Waals surface area contributed by atoms with Crippen LogP contribution in [0, 0.1) is 0 Å². The number of quaternary nitrogens is 1. The number of β-lactam (4-membered cyclic amide) rings is 1. The molecule has 0 aromatic carbocycles. The summed E-state index contributed by atoms with van der Waals surface area (Å²) in [6.07, 6.45) is 3.38. The van der Waals surface area contributed by atoms with Gasteiger partial charge in [-0.05, 0) is 18.6 Å². The summed E-state index contributed by atoms with van der Waals surface area (Å²) in [7, 11) is 3.65. The number of carboxylic acid groups (broad SMARTS) is 1. The van der Waals surface area contributed by atoms with E-state index in [0.717, 1.165) is 4.90 Å². The Balaban J connectivity index is 2.16. The average Bonchev–Trinajstić information content (AvgIpc) is 2.57. The molecule has 1 fully saturated rings. The lowest BCUT2D eigenvalue weighted by atomic mass is 10.0. The number of hydrogen-bond acceptors (Lipinski definition) is 6. The number of carbonyl (C=O) groups excluding carboxylic acids is 4. The second-order valence-corrected chi connectivity index (χ2v) is 9.80. The number of fused-ring (bicyclic) bond motifs is 1. The first-order valence-electron chi connectivity index (χ1n) is 8.55. The van der Waals surface area contributed by atoms with E-state index < -0.39 is 34.0 Å². The van der Waals surface area contributed by atoms with Gasteiger partial charge in [-0.2, -0.15) is 0 Å². The molecule has 154 valence electrons. The van der Waals surface area contributed by atoms with Gasteiger partial charge in [-0.3, -0.25) is 19.3 Å². The molecule has 1 saturated heterocycles. The number of thioether (sulfide) groups is 1. The van der Waals surface area contributed by atoms with E-state index in [4.69, 9.17) is 5.73 Å². The van der Waals surface area contributed by atoms with Crippen molar-refractivity contribution in [3.8, 4) is 0 Å². The number of carboxylic acids is 1. The van der Waals surface area contributed by atoms with Crippen molar-refractivity contribution < 1.29 is 28.8 Å². The van der Waals surface area contributed by atoms with Gasteiger partial charge >= 0.3 is 0 Å². The van der Waals surface area contributed by atoms with Crippen molar-refractivity contribution >= 4 is 51.4 Å². The number of primary amides is 1. The summed E-state index contributed by atoms with van der Waals surface area (Å²) in [5.41, 5.74) is 5.50. The third-order valence-electron chi connectivity index (χ3n) is 4.35. The van der Waals surface area contributed by atoms with E-state index in [1.54, 1.807) is 19.1 Å². The Morgan fingerprint density at radius 1 is 1.46 bits per heavy atom. The standard InChI is InChI=1S/C17H23BrN4O5S/c1-9(18)14(24)20-12-15(25)21-13(17(26)27)10(8-28-16(12)21)5-4-6-22(2,3)7-11(19)23/h4-5,9,12,16H,6-8H2,1-3H3,(H3-,19,20,23,24,26,27)/t9?,12-,16-/m1/s1. The van der Waals surface area contributed by atoms with Crippen molar-refractivity contribution in [1.82, 2.24) is 10.2 Å². The summed E-state index contributed by atoms with van der Waals surface area (Å²) < 4.78 is 0.316. The van der Waals surface area contributed by atoms with Crippen LogP contribution in [0.4, 0.5) is 0 Å². The number of nitrogens with two attached hydrogens (primary N) is 1. The number of halogens is 1. The molecule has 2 heterocycles. The van der Waals surface area contributed by atoms with Gasteiger partial charge in [0.25, 0.3) is 11.8 Å². The van der Waals surface area contributed by atoms with Crippen LogP contribution in [-0.2, 0) is 19.2 Å². The molecule has 2 rings (SSSR count). The van der Waals surface area contributed by atoms with E-state index in [9.17, 15) is 24.3 Å². The maximum atomic E-state index is 12.4. The molecule has 2 aliphatic rings. The lowest BCUT2D eigenvalue weighted by Gasteiger charge is -2.50. The van der Waals surface area contributed by atoms with Gasteiger partial charge in [0.15, 0.2) is 6.54 Å². The first-order chi connectivity index (χ1) is 12.9. The summed E-state index contributed by atoms with van der Waals surface area (Å²) in [5, 5.41) is 13.8. The maximum Gasteiger partial charge on any atom is 0.272 e. The fraction of sp³-hybridized carbons (Fsp3) is 0.529. The van der Waals surface area contributed by atoms with Crippen LogP contribution in [0.3, 0.4) is 0 Å². The number of alkyl halides is 1. The Kier molecular flexibility index (Phi) is 6.94. The quantitative estimate of drug-likeness (QED) is 0.244. The monoisotopic (exact) mass is 474 g/mol. The van der Waals surface area contributed by atoms with Crippen molar-refractivity contribution in [2.45, 2.75) is 23.2 Å². The lowest BCUT2D eigenvalue weighted by Crippen LogP contribution is -2.71. The van der Waals surface area contributed by atoms with Gasteiger partial charge < -0.3 is 25.4 Å². The van der Waals surface area contributed by atoms with Crippen molar-refractivity contribution in [2.75, 3.05) is 32.9 Å². The van der Waals surface area contributed by atoms with Gasteiger partial charge in [0.05, 0.1) is 37.1 Å². The highest BCUT2D eigenvalue weighted by Gasteiger charge is 2.52. The number of nitrogens with one attached hydrogen (secondary N) is 1. The predicted octanol–water partition coefficient (Wildman–Crippen LogP) is -1.71. The highest BCUT2D eigenvalue weighted by molar-refractivity contribution is 9.10. The molecule has 3 N–H and O–H groups in total. The number of amides is 3. The molecule has 0 aromatic rings. The average molecular weight is 475 g/mol. The van der Waals surface area contributed by atoms with Gasteiger partial charge in [0, 0.05) is 5.75 Å². The summed E-state index contributed by atoms with van der Waals surface area (Å²) in [6, 6.07) is -0.761. The second-order valence-electron chi connectivity index (χ2n) is 7.32. The topological polar surface area (TPSA) is 133 Å². The van der Waals surface area contributed by atoms with E-state index in [0.29, 0.717) is 22.4 Å². The lowest BCUT2D eigenvalue weighted by molar-refractivity contribution is -0.876. The zero-order chi connectivity index (χ0) is 21.2. The summed E-state index contributed by atoms with van der Waals surface area (Å²) >= 11 is 4.51. The molecule has 3 atom stereocenters. The van der Waals surface area contributed by atoms with Crippen LogP contribution in [0.15, 0.2) is 23.4 Å². The van der Waals surface area contributed by atoms with Crippen LogP contribution in [-0.4, -0.2) is 82.3 Å². The zero-order valence-corrected chi connectivity index (χ0v) is 18.2. The highest BCUT2D eigenvalue weighted by atomic mass is 79.9. The molecule has 0 aromatic heterocycles. The fourth-order valence-corrected chi connectivity index (χ4v) is 4.45. The molecule has 0 saturated carbocycles. The molecule has 3 amide bonds. The van der Waals surface area contributed by atoms with Gasteiger partial charge in [0.2, 0.25) is 5.91 Å². The molecule has 2 aliphatic heterocycles. The molecular weight excluding hydrogens is 452 g/mol. The number of allylic oxidation sites excluding steroid dienone is 1. The molecule has 9 nitrogen and oxygen atoms in total. The Hall–Kier alpha value is -1.85. The molecular formula is C17H23BrN4O5S. The summed E-state index contributed by atoms with van der Waals surface area (Å²) in [5.74, 6) is -2.33. The summed E-state index contributed by atoms with van der Waals surface area (Å²) in [6.45, 7) is 2.24. The molecule has 11 heteroatoms. The number of nitrogens with zero attached hydrogens (tertiary/aromatic N) is 2. The second kappa shape index (κ2) is 8.66. The van der Waals surface area contributed by atoms with E-state index in [2.05, 4.69) is 21.2 Å². The minimum absolute atomic E-state index is 0.144. The van der Waals surface area contributed by atoms with Crippen LogP contribution in [0.5, 0.6) is 0 Å². The number of hydrogen-bond donors (Lipinski definition) is 2. The van der Waals surface area contributed by atoms with E-state index in [1.807, 2.05) is 14.1 Å². The first-order valence-corrected chi connectivity index (χ1v) is 10.5. The zero-order valence-electron chi connectivity index (χ0n) is 15.8. The minimum atomic E-state index is -1.44. The minimum Gasteiger partial charge on any atom is -0.543 e. The molecule has 0 aliphatic carbocycles. The van der Waals surface area contributed by atoms with Gasteiger partial charge in [0.1, 0.15) is 11.4 Å². The Labute approximate surface area is 175 Å². The molecule has 0 bridgehead atoms. The van der Waals surface area contributed by atoms with E-state index >= 15 is 0 Å². The van der Waals surface area contributed by atoms with Crippen LogP contribution in [0.1, 0.15) is 6.92 Å². The predicted molar refractivity (Wildman–Crippen MR) is 106 cm³/mol. The number of likely N-dealkylation sites (N-methyl/N-ethyl adjacent to an activating group) is 1. The SMILES string of the molecule is CC(Br)C(=O)N[C@@H]1C(=O)N2C(C(=O)[O-])=C(C=CC[N+](C)(C)CC(N)=O)CS[C@H]12. The third-order valence-corrected chi connectivity index (χ3v) is 6.07. The van der Waals surface area contributed by atoms with E-state index in [-0.39, 0.29) is 18.1 Å². The van der Waals surface area contributed by atoms with Crippen molar-refractivity contribution in [1.29, 1.82) is 0 Å². The number of aliphatic carboxylic acids is 1. The van der Waals surface area contributed by atoms with Gasteiger partial charge in [-0.1, -0.05) is 22.0 Å². The highest BCUT2D eigenvalue weighted by Crippen LogP contribution is 2.40. The van der Waals surface area contributed by atoms with Crippen molar-refractivity contribution in [2.24, 2.45) is 5.73 Å². The normalized spacial score (nSPS) is 23.3. The molecule has 28 heavy (non-hydrogen) atoms. The van der Waals surface area contributed by atoms with Gasteiger partial charge in [-0.25, -0.2) is 0 Å². The Morgan fingerprint density at radius 3 is 2.64 bits per heavy atom. The maximum absolute atomic E-state index is 12.4.